The molecule has 8 heavy (non-hydrogen) atoms. The third-order valence-electron chi connectivity index (χ3n) is 0. The molecule has 0 aliphatic rings. The normalized spacial score (nSPS) is 7.25. The van der Waals surface area contributed by atoms with Crippen molar-refractivity contribution in [1.29, 1.82) is 0 Å². The molecular formula is H4ClKO4STi. The molecule has 0 spiro atoms. The van der Waals surface area contributed by atoms with Gasteiger partial charge in [-0.25, -0.2) is 0 Å². The van der Waals surface area contributed by atoms with Crippen LogP contribution in [0.5, 0.6) is 0 Å². The summed E-state index contributed by atoms with van der Waals surface area (Å²) in [6, 6.07) is 0. The Morgan fingerprint density at radius 1 is 1.12 bits per heavy atom. The molecule has 0 saturated carbocycles. The molecule has 46 valence electrons. The molecule has 0 atom stereocenters. The zero-order chi connectivity index (χ0) is 4.50. The van der Waals surface area contributed by atoms with E-state index in [9.17, 15) is 0 Å². The van der Waals surface area contributed by atoms with Crippen LogP contribution in [-0.4, -0.2) is 68.9 Å². The van der Waals surface area contributed by atoms with Crippen molar-refractivity contribution in [2.45, 2.75) is 0 Å². The SMILES string of the molecule is Cl.O=S(=O)(O)O.[KH].[Ti]. The van der Waals surface area contributed by atoms with Crippen LogP contribution in [0.4, 0.5) is 0 Å². The standard InChI is InChI=1S/ClH.K.H2O4S.Ti.H/c;;1-5(2,3)4;;/h1H;;(H2,1,2,3,4);;. The van der Waals surface area contributed by atoms with Crippen LogP contribution in [0.25, 0.3) is 0 Å². The van der Waals surface area contributed by atoms with E-state index < -0.39 is 10.4 Å². The Morgan fingerprint density at radius 2 is 1.12 bits per heavy atom. The first-order chi connectivity index (χ1) is 2.00. The van der Waals surface area contributed by atoms with Gasteiger partial charge >= 0.3 is 61.8 Å². The molecular weight excluding hydrogens is 218 g/mol. The first-order valence-electron chi connectivity index (χ1n) is 0.698. The number of halogens is 1. The van der Waals surface area contributed by atoms with Crippen molar-refractivity contribution in [1.82, 2.24) is 0 Å². The van der Waals surface area contributed by atoms with Crippen molar-refractivity contribution < 1.29 is 39.2 Å². The second kappa shape index (κ2) is 9.51. The van der Waals surface area contributed by atoms with Crippen molar-refractivity contribution >= 4 is 74.2 Å². The third-order valence-corrected chi connectivity index (χ3v) is 0. The largest absolute Gasteiger partial charge is 0 e. The molecule has 4 nitrogen and oxygen atoms in total. The van der Waals surface area contributed by atoms with Gasteiger partial charge < -0.3 is 0 Å². The average molecular weight is 223 g/mol. The third kappa shape index (κ3) is 76.2. The van der Waals surface area contributed by atoms with Crippen LogP contribution >= 0.6 is 12.4 Å². The molecule has 0 heterocycles. The van der Waals surface area contributed by atoms with E-state index in [4.69, 9.17) is 17.5 Å². The van der Waals surface area contributed by atoms with Crippen LogP contribution < -0.4 is 0 Å². The van der Waals surface area contributed by atoms with E-state index in [0.29, 0.717) is 0 Å². The molecule has 0 saturated heterocycles. The van der Waals surface area contributed by atoms with Gasteiger partial charge in [0.2, 0.25) is 0 Å². The molecule has 2 N–H and O–H groups in total. The van der Waals surface area contributed by atoms with Crippen molar-refractivity contribution in [2.75, 3.05) is 0 Å². The van der Waals surface area contributed by atoms with Crippen LogP contribution in [0.1, 0.15) is 0 Å². The Kier molecular flexibility index (Phi) is 26.7. The Labute approximate surface area is 111 Å². The summed E-state index contributed by atoms with van der Waals surface area (Å²) in [6.07, 6.45) is 0. The van der Waals surface area contributed by atoms with E-state index in [1.54, 1.807) is 0 Å². The number of hydrogen-bond donors (Lipinski definition) is 2. The number of rotatable bonds is 0. The van der Waals surface area contributed by atoms with Gasteiger partial charge in [0.15, 0.2) is 0 Å². The number of hydrogen-bond acceptors (Lipinski definition) is 2. The molecule has 0 unspecified atom stereocenters. The Morgan fingerprint density at radius 3 is 1.12 bits per heavy atom. The zero-order valence-electron chi connectivity index (χ0n) is 3.03. The van der Waals surface area contributed by atoms with Gasteiger partial charge in [0.25, 0.3) is 0 Å². The van der Waals surface area contributed by atoms with Gasteiger partial charge in [-0.15, -0.1) is 12.4 Å². The van der Waals surface area contributed by atoms with Gasteiger partial charge in [0, 0.05) is 21.7 Å². The Balaban J connectivity index is -0.0000000267. The molecule has 8 heteroatoms. The van der Waals surface area contributed by atoms with E-state index in [1.165, 1.54) is 0 Å². The fraction of sp³-hybridized carbons (Fsp3) is 0. The predicted molar refractivity (Wildman–Crippen MR) is 28.6 cm³/mol. The summed E-state index contributed by atoms with van der Waals surface area (Å²) >= 11 is 0. The fourth-order valence-electron chi connectivity index (χ4n) is 0. The van der Waals surface area contributed by atoms with E-state index in [2.05, 4.69) is 0 Å². The summed E-state index contributed by atoms with van der Waals surface area (Å²) < 4.78 is 31.6. The maximum atomic E-state index is 8.74. The van der Waals surface area contributed by atoms with Crippen molar-refractivity contribution in [3.63, 3.8) is 0 Å². The maximum Gasteiger partial charge on any atom is 0 e. The Bertz CT molecular complexity index is 99.2. The second-order valence-electron chi connectivity index (χ2n) is 0.448. The smallest absolute Gasteiger partial charge is 0 e. The molecule has 0 fully saturated rings. The molecule has 0 aromatic rings. The minimum absolute atomic E-state index is 0. The van der Waals surface area contributed by atoms with Crippen molar-refractivity contribution in [3.05, 3.63) is 0 Å². The molecule has 0 aliphatic carbocycles. The van der Waals surface area contributed by atoms with Crippen LogP contribution in [0.2, 0.25) is 0 Å². The van der Waals surface area contributed by atoms with Gasteiger partial charge in [-0.2, -0.15) is 8.42 Å². The zero-order valence-corrected chi connectivity index (χ0v) is 6.22. The Hall–Kier alpha value is 2.51. The molecule has 0 aromatic carbocycles. The molecule has 0 rings (SSSR count). The van der Waals surface area contributed by atoms with Crippen molar-refractivity contribution in [3.8, 4) is 0 Å². The quantitative estimate of drug-likeness (QED) is 0.412. The minimum atomic E-state index is -4.67. The average Bonchev–Trinajstić information content (AvgIpc) is 0.722. The summed E-state index contributed by atoms with van der Waals surface area (Å²) in [7, 11) is -4.67. The molecule has 0 aliphatic heterocycles. The predicted octanol–water partition coefficient (Wildman–Crippen LogP) is -0.882. The van der Waals surface area contributed by atoms with Gasteiger partial charge in [0.1, 0.15) is 0 Å². The van der Waals surface area contributed by atoms with E-state index >= 15 is 0 Å². The first kappa shape index (κ1) is 22.4. The van der Waals surface area contributed by atoms with E-state index in [0.717, 1.165) is 0 Å². The van der Waals surface area contributed by atoms with Crippen LogP contribution in [0.15, 0.2) is 0 Å². The van der Waals surface area contributed by atoms with Crippen LogP contribution in [0, 0.1) is 0 Å². The summed E-state index contributed by atoms with van der Waals surface area (Å²) in [5.74, 6) is 0. The van der Waals surface area contributed by atoms with Gasteiger partial charge in [-0.05, 0) is 0 Å². The topological polar surface area (TPSA) is 74.6 Å². The summed E-state index contributed by atoms with van der Waals surface area (Å²) in [4.78, 5) is 0. The molecule has 0 radical (unpaired) electrons. The summed E-state index contributed by atoms with van der Waals surface area (Å²) in [5.41, 5.74) is 0. The summed E-state index contributed by atoms with van der Waals surface area (Å²) in [5, 5.41) is 0. The van der Waals surface area contributed by atoms with Gasteiger partial charge in [0.05, 0.1) is 0 Å². The monoisotopic (exact) mass is 222 g/mol. The minimum Gasteiger partial charge on any atom is 0 e. The van der Waals surface area contributed by atoms with Crippen molar-refractivity contribution in [2.24, 2.45) is 0 Å². The molecule has 0 aromatic heterocycles. The molecule has 0 amide bonds. The maximum absolute atomic E-state index is 8.74. The fourth-order valence-corrected chi connectivity index (χ4v) is 0. The second-order valence-corrected chi connectivity index (χ2v) is 1.34. The van der Waals surface area contributed by atoms with Crippen LogP contribution in [-0.2, 0) is 32.1 Å². The van der Waals surface area contributed by atoms with Crippen LogP contribution in [0.3, 0.4) is 0 Å². The van der Waals surface area contributed by atoms with Gasteiger partial charge in [-0.1, -0.05) is 0 Å². The van der Waals surface area contributed by atoms with Gasteiger partial charge in [-0.3, -0.25) is 9.11 Å². The van der Waals surface area contributed by atoms with E-state index in [-0.39, 0.29) is 85.5 Å². The molecule has 0 bridgehead atoms. The van der Waals surface area contributed by atoms with E-state index in [1.807, 2.05) is 0 Å². The first-order valence-corrected chi connectivity index (χ1v) is 2.10. The summed E-state index contributed by atoms with van der Waals surface area (Å²) in [6.45, 7) is 0.